The summed E-state index contributed by atoms with van der Waals surface area (Å²) in [6, 6.07) is 9.82. The van der Waals surface area contributed by atoms with Gasteiger partial charge in [0.05, 0.1) is 18.6 Å². The number of H-pyrrole nitrogens is 1. The molecule has 0 atom stereocenters. The third-order valence-electron chi connectivity index (χ3n) is 3.56. The second-order valence-corrected chi connectivity index (χ2v) is 7.04. The monoisotopic (exact) mass is 359 g/mol. The first-order valence-corrected chi connectivity index (χ1v) is 9.18. The first-order valence-electron chi connectivity index (χ1n) is 7.63. The van der Waals surface area contributed by atoms with E-state index in [-0.39, 0.29) is 17.4 Å². The number of nitrogens with one attached hydrogen (secondary N) is 1. The standard InChI is InChI=1S/C17H17N3O4S/c21-8-4-10-25(22,23)14-11-18-16-15(14)17(20-12-19-16)24-9-7-13-5-2-1-3-6-13/h1-6,10-12,21H,7-9H2,(H,18,19,20)/b10-4-. The smallest absolute Gasteiger partial charge is 0.227 e. The average Bonchev–Trinajstić information content (AvgIpc) is 3.07. The van der Waals surface area contributed by atoms with Crippen LogP contribution in [0.15, 0.2) is 59.2 Å². The normalized spacial score (nSPS) is 12.0. The van der Waals surface area contributed by atoms with Gasteiger partial charge in [-0.05, 0) is 11.6 Å². The predicted molar refractivity (Wildman–Crippen MR) is 92.9 cm³/mol. The summed E-state index contributed by atoms with van der Waals surface area (Å²) < 4.78 is 30.5. The van der Waals surface area contributed by atoms with Gasteiger partial charge in [-0.3, -0.25) is 0 Å². The molecule has 0 radical (unpaired) electrons. The Morgan fingerprint density at radius 1 is 1.20 bits per heavy atom. The zero-order valence-electron chi connectivity index (χ0n) is 13.3. The van der Waals surface area contributed by atoms with Gasteiger partial charge in [0, 0.05) is 18.0 Å². The molecule has 0 bridgehead atoms. The lowest BCUT2D eigenvalue weighted by Gasteiger charge is -2.07. The van der Waals surface area contributed by atoms with Crippen LogP contribution < -0.4 is 4.74 Å². The first-order chi connectivity index (χ1) is 12.1. The molecule has 7 nitrogen and oxygen atoms in total. The van der Waals surface area contributed by atoms with Crippen LogP contribution in [0.25, 0.3) is 11.0 Å². The van der Waals surface area contributed by atoms with E-state index in [0.717, 1.165) is 17.0 Å². The molecule has 0 aliphatic carbocycles. The van der Waals surface area contributed by atoms with Crippen molar-refractivity contribution in [1.29, 1.82) is 0 Å². The lowest BCUT2D eigenvalue weighted by atomic mass is 10.2. The van der Waals surface area contributed by atoms with E-state index < -0.39 is 9.84 Å². The third kappa shape index (κ3) is 3.86. The van der Waals surface area contributed by atoms with Gasteiger partial charge in [-0.15, -0.1) is 0 Å². The Morgan fingerprint density at radius 3 is 2.76 bits per heavy atom. The number of aliphatic hydroxyl groups excluding tert-OH is 1. The minimum atomic E-state index is -3.74. The molecule has 0 fully saturated rings. The number of ether oxygens (including phenoxy) is 1. The van der Waals surface area contributed by atoms with Crippen molar-refractivity contribution < 1.29 is 18.3 Å². The highest BCUT2D eigenvalue weighted by Gasteiger charge is 2.21. The molecule has 2 N–H and O–H groups in total. The minimum Gasteiger partial charge on any atom is -0.477 e. The molecule has 0 aliphatic heterocycles. The SMILES string of the molecule is O=S(=O)(/C=C\CO)c1c[nH]c2ncnc(OCCc3ccccc3)c12. The van der Waals surface area contributed by atoms with E-state index in [1.807, 2.05) is 30.3 Å². The molecule has 1 aromatic carbocycles. The zero-order valence-corrected chi connectivity index (χ0v) is 14.1. The molecule has 3 aromatic rings. The van der Waals surface area contributed by atoms with E-state index in [0.29, 0.717) is 24.1 Å². The van der Waals surface area contributed by atoms with Gasteiger partial charge in [-0.1, -0.05) is 30.3 Å². The highest BCUT2D eigenvalue weighted by molar-refractivity contribution is 7.94. The summed E-state index contributed by atoms with van der Waals surface area (Å²) in [5.74, 6) is 0.207. The van der Waals surface area contributed by atoms with Crippen LogP contribution in [0.4, 0.5) is 0 Å². The maximum absolute atomic E-state index is 12.4. The van der Waals surface area contributed by atoms with Crippen molar-refractivity contribution in [3.05, 3.63) is 59.9 Å². The van der Waals surface area contributed by atoms with E-state index in [1.165, 1.54) is 12.5 Å². The van der Waals surface area contributed by atoms with Crippen LogP contribution >= 0.6 is 0 Å². The molecule has 3 rings (SSSR count). The summed E-state index contributed by atoms with van der Waals surface area (Å²) in [6.45, 7) is -0.00814. The molecule has 0 spiro atoms. The number of rotatable bonds is 7. The van der Waals surface area contributed by atoms with Crippen molar-refractivity contribution in [2.45, 2.75) is 11.3 Å². The summed E-state index contributed by atoms with van der Waals surface area (Å²) >= 11 is 0. The van der Waals surface area contributed by atoms with Gasteiger partial charge < -0.3 is 14.8 Å². The van der Waals surface area contributed by atoms with Crippen molar-refractivity contribution >= 4 is 20.9 Å². The minimum absolute atomic E-state index is 0.0162. The fourth-order valence-electron chi connectivity index (χ4n) is 2.39. The summed E-state index contributed by atoms with van der Waals surface area (Å²) in [7, 11) is -3.74. The lowest BCUT2D eigenvalue weighted by Crippen LogP contribution is -2.04. The summed E-state index contributed by atoms with van der Waals surface area (Å²) in [5.41, 5.74) is 1.49. The molecule has 0 amide bonds. The number of nitrogens with zero attached hydrogens (tertiary/aromatic N) is 2. The molecule has 2 heterocycles. The Balaban J connectivity index is 1.88. The molecular weight excluding hydrogens is 342 g/mol. The van der Waals surface area contributed by atoms with Crippen LogP contribution in [-0.4, -0.2) is 41.7 Å². The van der Waals surface area contributed by atoms with Crippen molar-refractivity contribution in [3.63, 3.8) is 0 Å². The number of aromatic amines is 1. The maximum Gasteiger partial charge on any atom is 0.227 e. The molecule has 130 valence electrons. The molecule has 25 heavy (non-hydrogen) atoms. The second-order valence-electron chi connectivity index (χ2n) is 5.24. The molecule has 2 aromatic heterocycles. The number of fused-ring (bicyclic) bond motifs is 1. The van der Waals surface area contributed by atoms with E-state index in [4.69, 9.17) is 9.84 Å². The molecule has 0 unspecified atom stereocenters. The van der Waals surface area contributed by atoms with Crippen molar-refractivity contribution in [1.82, 2.24) is 15.0 Å². The van der Waals surface area contributed by atoms with E-state index in [9.17, 15) is 8.42 Å². The van der Waals surface area contributed by atoms with Crippen molar-refractivity contribution in [2.24, 2.45) is 0 Å². The van der Waals surface area contributed by atoms with Gasteiger partial charge in [0.15, 0.2) is 0 Å². The quantitative estimate of drug-likeness (QED) is 0.667. The first kappa shape index (κ1) is 17.1. The number of aliphatic hydroxyl groups is 1. The zero-order chi connectivity index (χ0) is 17.7. The topological polar surface area (TPSA) is 105 Å². The number of benzene rings is 1. The highest BCUT2D eigenvalue weighted by Crippen LogP contribution is 2.29. The molecule has 0 aliphatic rings. The molecular formula is C17H17N3O4S. The van der Waals surface area contributed by atoms with Gasteiger partial charge in [0.25, 0.3) is 0 Å². The molecule has 8 heteroatoms. The third-order valence-corrected chi connectivity index (χ3v) is 5.04. The van der Waals surface area contributed by atoms with Crippen LogP contribution in [0.3, 0.4) is 0 Å². The average molecular weight is 359 g/mol. The van der Waals surface area contributed by atoms with Crippen LogP contribution in [0.5, 0.6) is 5.88 Å². The fraction of sp³-hybridized carbons (Fsp3) is 0.176. The number of hydrogen-bond acceptors (Lipinski definition) is 6. The Kier molecular flexibility index (Phi) is 5.11. The fourth-order valence-corrected chi connectivity index (χ4v) is 3.57. The van der Waals surface area contributed by atoms with Crippen LogP contribution in [0.1, 0.15) is 5.56 Å². The van der Waals surface area contributed by atoms with Crippen LogP contribution in [0, 0.1) is 0 Å². The van der Waals surface area contributed by atoms with Crippen molar-refractivity contribution in [3.8, 4) is 5.88 Å². The molecule has 0 saturated carbocycles. The van der Waals surface area contributed by atoms with Gasteiger partial charge in [0.2, 0.25) is 15.7 Å². The number of aromatic nitrogens is 3. The van der Waals surface area contributed by atoms with Gasteiger partial charge >= 0.3 is 0 Å². The Labute approximate surface area is 144 Å². The van der Waals surface area contributed by atoms with Gasteiger partial charge in [-0.25, -0.2) is 18.4 Å². The second kappa shape index (κ2) is 7.45. The van der Waals surface area contributed by atoms with E-state index in [1.54, 1.807) is 0 Å². The van der Waals surface area contributed by atoms with Crippen molar-refractivity contribution in [2.75, 3.05) is 13.2 Å². The lowest BCUT2D eigenvalue weighted by molar-refractivity contribution is 0.313. The number of hydrogen-bond donors (Lipinski definition) is 2. The summed E-state index contributed by atoms with van der Waals surface area (Å²) in [5, 5.41) is 10.1. The Bertz CT molecular complexity index is 982. The van der Waals surface area contributed by atoms with E-state index in [2.05, 4.69) is 15.0 Å². The number of sulfone groups is 1. The Morgan fingerprint density at radius 2 is 2.00 bits per heavy atom. The Hall–Kier alpha value is -2.71. The largest absolute Gasteiger partial charge is 0.477 e. The van der Waals surface area contributed by atoms with Crippen LogP contribution in [-0.2, 0) is 16.3 Å². The summed E-state index contributed by atoms with van der Waals surface area (Å²) in [6.07, 6.45) is 4.49. The highest BCUT2D eigenvalue weighted by atomic mass is 32.2. The predicted octanol–water partition coefficient (Wildman–Crippen LogP) is 1.86. The molecule has 0 saturated heterocycles. The maximum atomic E-state index is 12.4. The van der Waals surface area contributed by atoms with Gasteiger partial charge in [0.1, 0.15) is 16.9 Å². The van der Waals surface area contributed by atoms with E-state index >= 15 is 0 Å². The van der Waals surface area contributed by atoms with Crippen LogP contribution in [0.2, 0.25) is 0 Å². The summed E-state index contributed by atoms with van der Waals surface area (Å²) in [4.78, 5) is 10.9. The van der Waals surface area contributed by atoms with Gasteiger partial charge in [-0.2, -0.15) is 0 Å².